The number of benzene rings is 1. The van der Waals surface area contributed by atoms with Crippen molar-refractivity contribution >= 4 is 11.7 Å². The summed E-state index contributed by atoms with van der Waals surface area (Å²) < 4.78 is 5.29. The van der Waals surface area contributed by atoms with Gasteiger partial charge in [0.1, 0.15) is 0 Å². The number of amides is 2. The second kappa shape index (κ2) is 5.37. The maximum absolute atomic E-state index is 11.8. The van der Waals surface area contributed by atoms with E-state index in [0.29, 0.717) is 19.8 Å². The molecular weight excluding hydrogens is 230 g/mol. The summed E-state index contributed by atoms with van der Waals surface area (Å²) in [5, 5.41) is 5.73. The van der Waals surface area contributed by atoms with Crippen LogP contribution in [0.1, 0.15) is 18.9 Å². The Morgan fingerprint density at radius 2 is 2.17 bits per heavy atom. The predicted octanol–water partition coefficient (Wildman–Crippen LogP) is 1.45. The van der Waals surface area contributed by atoms with Crippen LogP contribution in [0.3, 0.4) is 0 Å². The molecule has 0 saturated carbocycles. The lowest BCUT2D eigenvalue weighted by Crippen LogP contribution is -2.48. The Kier molecular flexibility index (Phi) is 3.84. The molecule has 1 fully saturated rings. The van der Waals surface area contributed by atoms with Crippen molar-refractivity contribution in [3.8, 4) is 0 Å². The Hall–Kier alpha value is -1.59. The molecular formula is C13H19N3O2. The van der Waals surface area contributed by atoms with Gasteiger partial charge in [-0.2, -0.15) is 0 Å². The minimum Gasteiger partial charge on any atom is -0.379 e. The average Bonchev–Trinajstić information content (AvgIpc) is 2.76. The average molecular weight is 249 g/mol. The van der Waals surface area contributed by atoms with Crippen LogP contribution in [-0.2, 0) is 11.3 Å². The zero-order chi connectivity index (χ0) is 13.0. The van der Waals surface area contributed by atoms with Gasteiger partial charge < -0.3 is 21.1 Å². The summed E-state index contributed by atoms with van der Waals surface area (Å²) in [6, 6.07) is 7.28. The van der Waals surface area contributed by atoms with Crippen LogP contribution in [0.15, 0.2) is 24.3 Å². The number of nitrogens with two attached hydrogens (primary N) is 1. The first-order valence-electron chi connectivity index (χ1n) is 6.07. The number of carbonyl (C=O) groups excluding carboxylic acids is 1. The Balaban J connectivity index is 1.90. The van der Waals surface area contributed by atoms with E-state index in [1.807, 2.05) is 31.2 Å². The van der Waals surface area contributed by atoms with Gasteiger partial charge in [0, 0.05) is 18.8 Å². The summed E-state index contributed by atoms with van der Waals surface area (Å²) >= 11 is 0. The van der Waals surface area contributed by atoms with Crippen LogP contribution in [0, 0.1) is 0 Å². The molecule has 1 aliphatic rings. The van der Waals surface area contributed by atoms with Gasteiger partial charge in [0.25, 0.3) is 0 Å². The van der Waals surface area contributed by atoms with Crippen LogP contribution < -0.4 is 16.4 Å². The molecule has 5 nitrogen and oxygen atoms in total. The number of anilines is 1. The molecule has 1 heterocycles. The molecule has 1 aromatic carbocycles. The highest BCUT2D eigenvalue weighted by Crippen LogP contribution is 2.17. The SMILES string of the molecule is CC1(NC(=O)Nc2ccc(CN)cc2)CCOC1. The molecule has 18 heavy (non-hydrogen) atoms. The number of hydrogen-bond acceptors (Lipinski definition) is 3. The first-order chi connectivity index (χ1) is 8.61. The lowest BCUT2D eigenvalue weighted by molar-refractivity contribution is 0.172. The van der Waals surface area contributed by atoms with E-state index >= 15 is 0 Å². The molecule has 1 saturated heterocycles. The van der Waals surface area contributed by atoms with E-state index in [4.69, 9.17) is 10.5 Å². The van der Waals surface area contributed by atoms with E-state index in [-0.39, 0.29) is 11.6 Å². The lowest BCUT2D eigenvalue weighted by atomic mass is 10.0. The van der Waals surface area contributed by atoms with E-state index in [0.717, 1.165) is 17.7 Å². The zero-order valence-electron chi connectivity index (χ0n) is 10.5. The second-order valence-corrected chi connectivity index (χ2v) is 4.84. The fourth-order valence-corrected chi connectivity index (χ4v) is 1.93. The standard InChI is InChI=1S/C13H19N3O2/c1-13(6-7-18-9-13)16-12(17)15-11-4-2-10(8-14)3-5-11/h2-5H,6-9,14H2,1H3,(H2,15,16,17). The smallest absolute Gasteiger partial charge is 0.319 e. The molecule has 0 bridgehead atoms. The molecule has 4 N–H and O–H groups in total. The number of hydrogen-bond donors (Lipinski definition) is 3. The molecule has 1 aromatic rings. The molecule has 0 radical (unpaired) electrons. The maximum atomic E-state index is 11.8. The van der Waals surface area contributed by atoms with Gasteiger partial charge in [-0.1, -0.05) is 12.1 Å². The molecule has 0 aliphatic carbocycles. The van der Waals surface area contributed by atoms with Crippen molar-refractivity contribution < 1.29 is 9.53 Å². The summed E-state index contributed by atoms with van der Waals surface area (Å²) in [7, 11) is 0. The summed E-state index contributed by atoms with van der Waals surface area (Å²) in [5.41, 5.74) is 7.05. The van der Waals surface area contributed by atoms with Gasteiger partial charge in [0.2, 0.25) is 0 Å². The van der Waals surface area contributed by atoms with E-state index in [2.05, 4.69) is 10.6 Å². The fraction of sp³-hybridized carbons (Fsp3) is 0.462. The molecule has 98 valence electrons. The van der Waals surface area contributed by atoms with Crippen LogP contribution in [-0.4, -0.2) is 24.8 Å². The van der Waals surface area contributed by atoms with Crippen molar-refractivity contribution in [2.24, 2.45) is 5.73 Å². The minimum atomic E-state index is -0.263. The molecule has 1 aliphatic heterocycles. The maximum Gasteiger partial charge on any atom is 0.319 e. The third-order valence-corrected chi connectivity index (χ3v) is 3.08. The molecule has 0 spiro atoms. The summed E-state index contributed by atoms with van der Waals surface area (Å²) in [4.78, 5) is 11.8. The van der Waals surface area contributed by atoms with E-state index < -0.39 is 0 Å². The summed E-state index contributed by atoms with van der Waals surface area (Å²) in [5.74, 6) is 0. The Morgan fingerprint density at radius 3 is 2.72 bits per heavy atom. The van der Waals surface area contributed by atoms with Crippen molar-refractivity contribution in [3.05, 3.63) is 29.8 Å². The van der Waals surface area contributed by atoms with Gasteiger partial charge in [0.05, 0.1) is 12.1 Å². The fourth-order valence-electron chi connectivity index (χ4n) is 1.93. The molecule has 1 unspecified atom stereocenters. The van der Waals surface area contributed by atoms with E-state index in [1.165, 1.54) is 0 Å². The number of ether oxygens (including phenoxy) is 1. The van der Waals surface area contributed by atoms with Crippen LogP contribution in [0.5, 0.6) is 0 Å². The normalized spacial score (nSPS) is 22.8. The highest BCUT2D eigenvalue weighted by Gasteiger charge is 2.31. The van der Waals surface area contributed by atoms with Gasteiger partial charge in [-0.3, -0.25) is 0 Å². The predicted molar refractivity (Wildman–Crippen MR) is 70.3 cm³/mol. The van der Waals surface area contributed by atoms with Crippen molar-refractivity contribution in [2.45, 2.75) is 25.4 Å². The molecule has 5 heteroatoms. The monoisotopic (exact) mass is 249 g/mol. The van der Waals surface area contributed by atoms with Gasteiger partial charge in [-0.25, -0.2) is 4.79 Å². The van der Waals surface area contributed by atoms with E-state index in [9.17, 15) is 4.79 Å². The van der Waals surface area contributed by atoms with Crippen LogP contribution >= 0.6 is 0 Å². The molecule has 0 aromatic heterocycles. The van der Waals surface area contributed by atoms with Gasteiger partial charge in [-0.15, -0.1) is 0 Å². The summed E-state index contributed by atoms with van der Waals surface area (Å²) in [6.07, 6.45) is 0.840. The first kappa shape index (κ1) is 12.9. The first-order valence-corrected chi connectivity index (χ1v) is 6.07. The van der Waals surface area contributed by atoms with Crippen LogP contribution in [0.25, 0.3) is 0 Å². The molecule has 1 atom stereocenters. The number of nitrogens with one attached hydrogen (secondary N) is 2. The van der Waals surface area contributed by atoms with E-state index in [1.54, 1.807) is 0 Å². The number of rotatable bonds is 3. The highest BCUT2D eigenvalue weighted by molar-refractivity contribution is 5.89. The Labute approximate surface area is 107 Å². The third-order valence-electron chi connectivity index (χ3n) is 3.08. The Bertz CT molecular complexity index is 411. The van der Waals surface area contributed by atoms with Crippen LogP contribution in [0.2, 0.25) is 0 Å². The molecule has 2 amide bonds. The number of carbonyl (C=O) groups is 1. The zero-order valence-corrected chi connectivity index (χ0v) is 10.5. The van der Waals surface area contributed by atoms with Gasteiger partial charge in [0.15, 0.2) is 0 Å². The Morgan fingerprint density at radius 1 is 1.44 bits per heavy atom. The highest BCUT2D eigenvalue weighted by atomic mass is 16.5. The lowest BCUT2D eigenvalue weighted by Gasteiger charge is -2.23. The largest absolute Gasteiger partial charge is 0.379 e. The second-order valence-electron chi connectivity index (χ2n) is 4.84. The van der Waals surface area contributed by atoms with Crippen LogP contribution in [0.4, 0.5) is 10.5 Å². The third kappa shape index (κ3) is 3.21. The number of urea groups is 1. The van der Waals surface area contributed by atoms with Crippen molar-refractivity contribution in [2.75, 3.05) is 18.5 Å². The quantitative estimate of drug-likeness (QED) is 0.758. The van der Waals surface area contributed by atoms with Crippen molar-refractivity contribution in [3.63, 3.8) is 0 Å². The van der Waals surface area contributed by atoms with Crippen molar-refractivity contribution in [1.29, 1.82) is 0 Å². The topological polar surface area (TPSA) is 76.4 Å². The van der Waals surface area contributed by atoms with Gasteiger partial charge >= 0.3 is 6.03 Å². The molecule has 2 rings (SSSR count). The minimum absolute atomic E-state index is 0.205. The summed E-state index contributed by atoms with van der Waals surface area (Å²) in [6.45, 7) is 3.74. The van der Waals surface area contributed by atoms with Gasteiger partial charge in [-0.05, 0) is 31.0 Å². The van der Waals surface area contributed by atoms with Crippen molar-refractivity contribution in [1.82, 2.24) is 5.32 Å².